The Kier molecular flexibility index (Phi) is 4.94. The first-order valence-corrected chi connectivity index (χ1v) is 7.78. The first-order chi connectivity index (χ1) is 10.0. The van der Waals surface area contributed by atoms with Crippen LogP contribution in [0.3, 0.4) is 0 Å². The molecule has 1 aromatic rings. The quantitative estimate of drug-likeness (QED) is 0.627. The molecule has 0 saturated heterocycles. The second-order valence-corrected chi connectivity index (χ2v) is 6.40. The van der Waals surface area contributed by atoms with Crippen molar-refractivity contribution in [3.05, 3.63) is 34.4 Å². The van der Waals surface area contributed by atoms with Crippen LogP contribution in [-0.4, -0.2) is 16.0 Å². The number of ketones is 1. The van der Waals surface area contributed by atoms with Gasteiger partial charge in [0.05, 0.1) is 0 Å². The second-order valence-electron chi connectivity index (χ2n) is 6.40. The summed E-state index contributed by atoms with van der Waals surface area (Å²) in [5.74, 6) is 0.778. The van der Waals surface area contributed by atoms with E-state index >= 15 is 0 Å². The smallest absolute Gasteiger partial charge is 0.157 e. The predicted molar refractivity (Wildman–Crippen MR) is 88.2 cm³/mol. The van der Waals surface area contributed by atoms with Crippen molar-refractivity contribution < 1.29 is 15.0 Å². The molecule has 1 unspecified atom stereocenters. The average Bonchev–Trinajstić information content (AvgIpc) is 2.44. The summed E-state index contributed by atoms with van der Waals surface area (Å²) in [5.41, 5.74) is 4.99. The van der Waals surface area contributed by atoms with Gasteiger partial charge in [-0.3, -0.25) is 4.79 Å². The molecule has 1 atom stereocenters. The number of Topliss-reactive ketones (excluding diaryl/α,β-unsaturated/α-hetero) is 1. The first kappa shape index (κ1) is 16.6. The summed E-state index contributed by atoms with van der Waals surface area (Å²) in [6, 6.07) is 3.32. The Hall–Kier alpha value is -1.77. The molecule has 2 aliphatic rings. The Bertz CT molecular complexity index is 613. The van der Waals surface area contributed by atoms with Gasteiger partial charge in [-0.25, -0.2) is 0 Å². The van der Waals surface area contributed by atoms with Crippen LogP contribution in [-0.2, 0) is 11.2 Å². The predicted octanol–water partition coefficient (Wildman–Crippen LogP) is 4.43. The van der Waals surface area contributed by atoms with E-state index < -0.39 is 0 Å². The van der Waals surface area contributed by atoms with E-state index in [1.54, 1.807) is 12.1 Å². The number of hydrogen-bond acceptors (Lipinski definition) is 3. The Morgan fingerprint density at radius 2 is 1.86 bits per heavy atom. The van der Waals surface area contributed by atoms with E-state index in [1.165, 1.54) is 11.1 Å². The monoisotopic (exact) mass is 302 g/mol. The van der Waals surface area contributed by atoms with E-state index in [0.717, 1.165) is 43.2 Å². The average molecular weight is 302 g/mol. The van der Waals surface area contributed by atoms with Gasteiger partial charge in [-0.15, -0.1) is 0 Å². The van der Waals surface area contributed by atoms with Crippen molar-refractivity contribution >= 4 is 5.78 Å². The maximum absolute atomic E-state index is 11.6. The summed E-state index contributed by atoms with van der Waals surface area (Å²) >= 11 is 0. The van der Waals surface area contributed by atoms with Gasteiger partial charge in [0.1, 0.15) is 5.78 Å². The fourth-order valence-corrected chi connectivity index (χ4v) is 3.80. The summed E-state index contributed by atoms with van der Waals surface area (Å²) in [6.07, 6.45) is 6.56. The molecular weight excluding hydrogens is 276 g/mol. The number of allylic oxidation sites excluding steroid dienone is 2. The Balaban J connectivity index is 0.00000176. The molecule has 0 heterocycles. The van der Waals surface area contributed by atoms with Crippen LogP contribution in [0.1, 0.15) is 57.1 Å². The highest BCUT2D eigenvalue weighted by molar-refractivity contribution is 5.82. The molecule has 3 nitrogen and oxygen atoms in total. The fraction of sp³-hybridized carbons (Fsp3) is 0.526. The van der Waals surface area contributed by atoms with Crippen molar-refractivity contribution in [2.75, 3.05) is 0 Å². The highest BCUT2D eigenvalue weighted by atomic mass is 16.3. The lowest BCUT2D eigenvalue weighted by Gasteiger charge is -2.32. The summed E-state index contributed by atoms with van der Waals surface area (Å²) in [7, 11) is 0. The Morgan fingerprint density at radius 1 is 1.14 bits per heavy atom. The van der Waals surface area contributed by atoms with E-state index in [2.05, 4.69) is 0 Å². The van der Waals surface area contributed by atoms with Crippen molar-refractivity contribution in [3.8, 4) is 11.5 Å². The van der Waals surface area contributed by atoms with Crippen LogP contribution >= 0.6 is 0 Å². The molecule has 120 valence electrons. The third-order valence-corrected chi connectivity index (χ3v) is 4.96. The van der Waals surface area contributed by atoms with Crippen LogP contribution in [0.2, 0.25) is 0 Å². The number of benzene rings is 1. The molecule has 0 bridgehead atoms. The van der Waals surface area contributed by atoms with Crippen molar-refractivity contribution in [3.63, 3.8) is 0 Å². The van der Waals surface area contributed by atoms with Gasteiger partial charge in [-0.2, -0.15) is 0 Å². The summed E-state index contributed by atoms with van der Waals surface area (Å²) in [4.78, 5) is 11.6. The third kappa shape index (κ3) is 3.18. The van der Waals surface area contributed by atoms with Gasteiger partial charge >= 0.3 is 0 Å². The minimum Gasteiger partial charge on any atom is -0.504 e. The zero-order valence-electron chi connectivity index (χ0n) is 12.5. The lowest BCUT2D eigenvalue weighted by molar-refractivity contribution is -0.118. The first-order valence-electron chi connectivity index (χ1n) is 7.78. The maximum atomic E-state index is 11.6. The molecule has 0 spiro atoms. The lowest BCUT2D eigenvalue weighted by atomic mass is 9.73. The van der Waals surface area contributed by atoms with Crippen molar-refractivity contribution in [2.24, 2.45) is 5.92 Å². The van der Waals surface area contributed by atoms with Crippen molar-refractivity contribution in [1.29, 1.82) is 0 Å². The number of aromatic hydroxyl groups is 2. The molecule has 22 heavy (non-hydrogen) atoms. The molecule has 0 amide bonds. The fourth-order valence-electron chi connectivity index (χ4n) is 3.80. The summed E-state index contributed by atoms with van der Waals surface area (Å²) in [6.45, 7) is 1.97. The summed E-state index contributed by atoms with van der Waals surface area (Å²) in [5, 5.41) is 19.3. The number of carbonyl (C=O) groups is 1. The maximum Gasteiger partial charge on any atom is 0.157 e. The number of carbonyl (C=O) groups excluding carboxylic acids is 1. The van der Waals surface area contributed by atoms with Gasteiger partial charge in [0.15, 0.2) is 11.5 Å². The second kappa shape index (κ2) is 6.55. The molecular formula is C19H26O3. The molecule has 0 saturated carbocycles. The van der Waals surface area contributed by atoms with Crippen LogP contribution in [0, 0.1) is 12.8 Å². The molecule has 2 N–H and O–H groups in total. The van der Waals surface area contributed by atoms with E-state index in [-0.39, 0.29) is 18.9 Å². The summed E-state index contributed by atoms with van der Waals surface area (Å²) < 4.78 is 0. The molecule has 0 aromatic heterocycles. The van der Waals surface area contributed by atoms with Gasteiger partial charge in [-0.05, 0) is 68.2 Å². The normalized spacial score (nSPS) is 21.3. The zero-order chi connectivity index (χ0) is 15.0. The third-order valence-electron chi connectivity index (χ3n) is 4.96. The minimum atomic E-state index is -0.0527. The van der Waals surface area contributed by atoms with Gasteiger partial charge in [-0.1, -0.05) is 18.6 Å². The number of rotatable bonds is 2. The van der Waals surface area contributed by atoms with Crippen LogP contribution in [0.5, 0.6) is 11.5 Å². The van der Waals surface area contributed by atoms with E-state index in [1.807, 2.05) is 6.92 Å². The molecule has 3 heteroatoms. The van der Waals surface area contributed by atoms with Crippen LogP contribution < -0.4 is 0 Å². The topological polar surface area (TPSA) is 57.5 Å². The largest absolute Gasteiger partial charge is 0.504 e. The molecule has 0 aliphatic heterocycles. The molecule has 0 fully saturated rings. The Morgan fingerprint density at radius 3 is 2.64 bits per heavy atom. The van der Waals surface area contributed by atoms with Crippen molar-refractivity contribution in [2.45, 2.75) is 59.3 Å². The van der Waals surface area contributed by atoms with E-state index in [9.17, 15) is 15.0 Å². The van der Waals surface area contributed by atoms with Crippen molar-refractivity contribution in [1.82, 2.24) is 0 Å². The standard InChI is InChI=1S/C18H22O3.CH4/c1-11-7-17(20)18(21)10-14(11)8-12-3-2-4-13-9-15(19)5-6-16(12)13;/h7,10,12,20-21H,2-6,8-9H2,1H3;1H4. The number of hydrogen-bond donors (Lipinski definition) is 2. The highest BCUT2D eigenvalue weighted by Gasteiger charge is 2.28. The van der Waals surface area contributed by atoms with Crippen LogP contribution in [0.25, 0.3) is 0 Å². The van der Waals surface area contributed by atoms with E-state index in [4.69, 9.17) is 0 Å². The molecule has 1 aromatic carbocycles. The lowest BCUT2D eigenvalue weighted by Crippen LogP contribution is -2.21. The number of aryl methyl sites for hydroxylation is 1. The van der Waals surface area contributed by atoms with E-state index in [0.29, 0.717) is 24.5 Å². The SMILES string of the molecule is C.Cc1cc(O)c(O)cc1CC1CCCC2=C1CCC(=O)C2. The zero-order valence-corrected chi connectivity index (χ0v) is 12.5. The Labute approximate surface area is 132 Å². The number of phenols is 2. The molecule has 2 aliphatic carbocycles. The molecule has 3 rings (SSSR count). The van der Waals surface area contributed by atoms with Gasteiger partial charge in [0.2, 0.25) is 0 Å². The van der Waals surface area contributed by atoms with Crippen LogP contribution in [0.4, 0.5) is 0 Å². The number of phenolic OH excluding ortho intramolecular Hbond substituents is 2. The van der Waals surface area contributed by atoms with Gasteiger partial charge in [0, 0.05) is 12.8 Å². The van der Waals surface area contributed by atoms with Gasteiger partial charge in [0.25, 0.3) is 0 Å². The highest BCUT2D eigenvalue weighted by Crippen LogP contribution is 2.40. The minimum absolute atomic E-state index is 0. The van der Waals surface area contributed by atoms with Crippen LogP contribution in [0.15, 0.2) is 23.3 Å². The molecule has 0 radical (unpaired) electrons. The van der Waals surface area contributed by atoms with Gasteiger partial charge < -0.3 is 10.2 Å².